The van der Waals surface area contributed by atoms with Crippen LogP contribution in [-0.4, -0.2) is 41.8 Å². The molecule has 1 unspecified atom stereocenters. The summed E-state index contributed by atoms with van der Waals surface area (Å²) in [7, 11) is 0. The first-order valence-electron chi connectivity index (χ1n) is 7.80. The zero-order valence-corrected chi connectivity index (χ0v) is 14.3. The van der Waals surface area contributed by atoms with Crippen molar-refractivity contribution in [3.05, 3.63) is 28.8 Å². The lowest BCUT2D eigenvalue weighted by Crippen LogP contribution is -2.40. The summed E-state index contributed by atoms with van der Waals surface area (Å²) < 4.78 is 2.29. The van der Waals surface area contributed by atoms with E-state index < -0.39 is 0 Å². The molecule has 0 radical (unpaired) electrons. The predicted molar refractivity (Wildman–Crippen MR) is 89.5 cm³/mol. The summed E-state index contributed by atoms with van der Waals surface area (Å²) >= 11 is 0. The Morgan fingerprint density at radius 3 is 2.24 bits per heavy atom. The van der Waals surface area contributed by atoms with Crippen molar-refractivity contribution in [3.63, 3.8) is 0 Å². The number of rotatable bonds is 3. The van der Waals surface area contributed by atoms with E-state index in [1.807, 2.05) is 0 Å². The molecule has 0 aliphatic carbocycles. The molecule has 0 saturated heterocycles. The van der Waals surface area contributed by atoms with Gasteiger partial charge in [-0.05, 0) is 31.9 Å². The highest BCUT2D eigenvalue weighted by molar-refractivity contribution is 5.81. The fourth-order valence-electron chi connectivity index (χ4n) is 3.43. The maximum Gasteiger partial charge on any atom is 0.239 e. The highest BCUT2D eigenvalue weighted by Gasteiger charge is 2.35. The van der Waals surface area contributed by atoms with Crippen LogP contribution in [0.25, 0.3) is 0 Å². The molecule has 0 fully saturated rings. The van der Waals surface area contributed by atoms with Crippen LogP contribution in [0.2, 0.25) is 0 Å². The summed E-state index contributed by atoms with van der Waals surface area (Å²) in [5.74, 6) is 0. The molecule has 1 aliphatic rings. The number of aryl methyl sites for hydroxylation is 3. The molecule has 1 heterocycles. The molecule has 0 aromatic heterocycles. The van der Waals surface area contributed by atoms with Crippen molar-refractivity contribution in [1.29, 1.82) is 0 Å². The number of aliphatic hydroxyl groups is 1. The maximum atomic E-state index is 9.74. The largest absolute Gasteiger partial charge is 0.392 e. The lowest BCUT2D eigenvalue weighted by atomic mass is 9.87. The van der Waals surface area contributed by atoms with Gasteiger partial charge < -0.3 is 5.11 Å². The van der Waals surface area contributed by atoms with Gasteiger partial charge in [0.05, 0.1) is 6.61 Å². The van der Waals surface area contributed by atoms with E-state index in [1.165, 1.54) is 22.4 Å². The SMILES string of the molecule is Cc1cc(C)c(N2C=[N+](C(CO)C(C)(C)C)CC2)c(C)c1. The van der Waals surface area contributed by atoms with Crippen molar-refractivity contribution in [2.45, 2.75) is 47.6 Å². The highest BCUT2D eigenvalue weighted by Crippen LogP contribution is 2.28. The summed E-state index contributed by atoms with van der Waals surface area (Å²) in [6.07, 6.45) is 2.19. The van der Waals surface area contributed by atoms with Gasteiger partial charge in [-0.15, -0.1) is 0 Å². The average molecular weight is 289 g/mol. The Morgan fingerprint density at radius 1 is 1.19 bits per heavy atom. The Hall–Kier alpha value is -1.35. The quantitative estimate of drug-likeness (QED) is 0.866. The topological polar surface area (TPSA) is 26.5 Å². The third kappa shape index (κ3) is 3.29. The number of nitrogens with zero attached hydrogens (tertiary/aromatic N) is 2. The summed E-state index contributed by atoms with van der Waals surface area (Å²) in [4.78, 5) is 2.33. The van der Waals surface area contributed by atoms with Gasteiger partial charge in [-0.25, -0.2) is 4.90 Å². The van der Waals surface area contributed by atoms with E-state index in [1.54, 1.807) is 0 Å². The van der Waals surface area contributed by atoms with Gasteiger partial charge in [0.25, 0.3) is 0 Å². The van der Waals surface area contributed by atoms with Crippen LogP contribution in [0.15, 0.2) is 12.1 Å². The lowest BCUT2D eigenvalue weighted by molar-refractivity contribution is -0.572. The highest BCUT2D eigenvalue weighted by atomic mass is 16.3. The minimum Gasteiger partial charge on any atom is -0.392 e. The molecule has 3 nitrogen and oxygen atoms in total. The van der Waals surface area contributed by atoms with Crippen LogP contribution in [0.4, 0.5) is 5.69 Å². The molecule has 21 heavy (non-hydrogen) atoms. The van der Waals surface area contributed by atoms with Crippen molar-refractivity contribution in [2.24, 2.45) is 5.41 Å². The van der Waals surface area contributed by atoms with Gasteiger partial charge in [0.1, 0.15) is 24.8 Å². The fraction of sp³-hybridized carbons (Fsp3) is 0.611. The van der Waals surface area contributed by atoms with E-state index in [0.29, 0.717) is 0 Å². The van der Waals surface area contributed by atoms with Crippen LogP contribution in [0.1, 0.15) is 37.5 Å². The normalized spacial score (nSPS) is 17.1. The summed E-state index contributed by atoms with van der Waals surface area (Å²) in [5.41, 5.74) is 5.34. The van der Waals surface area contributed by atoms with Crippen molar-refractivity contribution in [1.82, 2.24) is 0 Å². The van der Waals surface area contributed by atoms with Gasteiger partial charge in [0.15, 0.2) is 0 Å². The Balaban J connectivity index is 2.33. The minimum atomic E-state index is 0.0681. The number of hydrogen-bond acceptors (Lipinski definition) is 2. The van der Waals surface area contributed by atoms with Crippen LogP contribution in [0, 0.1) is 26.2 Å². The van der Waals surface area contributed by atoms with Gasteiger partial charge in [0, 0.05) is 5.41 Å². The Bertz CT molecular complexity index is 532. The molecular weight excluding hydrogens is 260 g/mol. The van der Waals surface area contributed by atoms with Crippen molar-refractivity contribution < 1.29 is 9.68 Å². The van der Waals surface area contributed by atoms with Crippen molar-refractivity contribution >= 4 is 12.0 Å². The minimum absolute atomic E-state index is 0.0681. The number of aliphatic hydroxyl groups excluding tert-OH is 1. The molecule has 0 spiro atoms. The lowest BCUT2D eigenvalue weighted by Gasteiger charge is -2.27. The molecule has 0 saturated carbocycles. The smallest absolute Gasteiger partial charge is 0.239 e. The standard InChI is InChI=1S/C18H29N2O/c1-13-9-14(2)17(15(3)10-13)20-8-7-19(12-20)16(11-21)18(4,5)6/h9-10,12,16,21H,7-8,11H2,1-6H3/q+1. The average Bonchev–Trinajstić information content (AvgIpc) is 2.75. The molecule has 1 N–H and O–H groups in total. The third-order valence-corrected chi connectivity index (χ3v) is 4.38. The molecule has 2 rings (SSSR count). The second-order valence-corrected chi connectivity index (χ2v) is 7.36. The van der Waals surface area contributed by atoms with Crippen LogP contribution in [0.5, 0.6) is 0 Å². The fourth-order valence-corrected chi connectivity index (χ4v) is 3.43. The zero-order valence-electron chi connectivity index (χ0n) is 14.3. The van der Waals surface area contributed by atoms with Gasteiger partial charge in [-0.3, -0.25) is 4.58 Å². The molecule has 116 valence electrons. The maximum absolute atomic E-state index is 9.74. The molecule has 0 amide bonds. The second kappa shape index (κ2) is 5.80. The number of anilines is 1. The first kappa shape index (κ1) is 16.0. The molecule has 0 bridgehead atoms. The van der Waals surface area contributed by atoms with Crippen LogP contribution >= 0.6 is 0 Å². The van der Waals surface area contributed by atoms with Crippen LogP contribution in [0.3, 0.4) is 0 Å². The van der Waals surface area contributed by atoms with Gasteiger partial charge in [0.2, 0.25) is 6.34 Å². The summed E-state index contributed by atoms with van der Waals surface area (Å²) in [5, 5.41) is 9.74. The predicted octanol–water partition coefficient (Wildman–Crippen LogP) is 2.88. The van der Waals surface area contributed by atoms with E-state index in [4.69, 9.17) is 0 Å². The van der Waals surface area contributed by atoms with E-state index in [2.05, 4.69) is 69.5 Å². The van der Waals surface area contributed by atoms with E-state index in [-0.39, 0.29) is 18.1 Å². The van der Waals surface area contributed by atoms with Crippen LogP contribution < -0.4 is 4.90 Å². The van der Waals surface area contributed by atoms with Gasteiger partial charge in [-0.2, -0.15) is 0 Å². The Morgan fingerprint density at radius 2 is 1.76 bits per heavy atom. The monoisotopic (exact) mass is 289 g/mol. The zero-order chi connectivity index (χ0) is 15.8. The molecule has 1 aliphatic heterocycles. The summed E-state index contributed by atoms with van der Waals surface area (Å²) in [6.45, 7) is 15.2. The van der Waals surface area contributed by atoms with Crippen molar-refractivity contribution in [3.8, 4) is 0 Å². The molecular formula is C18H29N2O+. The first-order chi connectivity index (χ1) is 9.74. The molecule has 1 atom stereocenters. The van der Waals surface area contributed by atoms with Gasteiger partial charge in [-0.1, -0.05) is 38.5 Å². The molecule has 1 aromatic carbocycles. The Kier molecular flexibility index (Phi) is 4.43. The van der Waals surface area contributed by atoms with Crippen LogP contribution in [-0.2, 0) is 0 Å². The molecule has 1 aromatic rings. The van der Waals surface area contributed by atoms with Crippen molar-refractivity contribution in [2.75, 3.05) is 24.6 Å². The number of benzene rings is 1. The van der Waals surface area contributed by atoms with E-state index in [0.717, 1.165) is 13.1 Å². The third-order valence-electron chi connectivity index (χ3n) is 4.38. The second-order valence-electron chi connectivity index (χ2n) is 7.36. The van der Waals surface area contributed by atoms with E-state index >= 15 is 0 Å². The Labute approximate surface area is 128 Å². The molecule has 3 heteroatoms. The number of hydrogen-bond donors (Lipinski definition) is 1. The van der Waals surface area contributed by atoms with E-state index in [9.17, 15) is 5.11 Å². The first-order valence-corrected chi connectivity index (χ1v) is 7.80. The summed E-state index contributed by atoms with van der Waals surface area (Å²) in [6, 6.07) is 4.65. The van der Waals surface area contributed by atoms with Gasteiger partial charge >= 0.3 is 0 Å².